The number of halogens is 1. The fourth-order valence-corrected chi connectivity index (χ4v) is 4.75. The summed E-state index contributed by atoms with van der Waals surface area (Å²) in [7, 11) is 0. The molecular weight excluding hydrogens is 481 g/mol. The van der Waals surface area contributed by atoms with Crippen LogP contribution in [0.15, 0.2) is 54.1 Å². The molecule has 0 unspecified atom stereocenters. The molecule has 12 heteroatoms. The van der Waals surface area contributed by atoms with Crippen molar-refractivity contribution in [2.45, 2.75) is 25.2 Å². The molecule has 2 saturated heterocycles. The fraction of sp³-hybridized carbons (Fsp3) is 0.400. The second-order valence-electron chi connectivity index (χ2n) is 9.22. The van der Waals surface area contributed by atoms with E-state index in [-0.39, 0.29) is 6.10 Å². The van der Waals surface area contributed by atoms with E-state index in [9.17, 15) is 4.79 Å². The molecule has 3 aromatic rings. The number of carbonyl (C=O) groups is 1. The molecule has 0 radical (unpaired) electrons. The SMILES string of the molecule is O=C1O[C@@H](Cn2ccnn2)CN1c1ccc(-c2ccc(C3=NO[C@H](CN4CCOCC4)C3)nc2)c(F)c1. The number of hydrogen-bond donors (Lipinski definition) is 0. The van der Waals surface area contributed by atoms with Crippen molar-refractivity contribution >= 4 is 17.5 Å². The maximum Gasteiger partial charge on any atom is 0.414 e. The second kappa shape index (κ2) is 10.2. The van der Waals surface area contributed by atoms with Crippen LogP contribution in [0.1, 0.15) is 12.1 Å². The fourth-order valence-electron chi connectivity index (χ4n) is 4.75. The normalized spacial score (nSPS) is 22.1. The first-order chi connectivity index (χ1) is 18.1. The van der Waals surface area contributed by atoms with E-state index in [4.69, 9.17) is 14.3 Å². The topological polar surface area (TPSA) is 107 Å². The van der Waals surface area contributed by atoms with Crippen molar-refractivity contribution in [1.82, 2.24) is 24.9 Å². The lowest BCUT2D eigenvalue weighted by molar-refractivity contribution is -0.0000402. The molecule has 0 N–H and O–H groups in total. The minimum atomic E-state index is -0.519. The highest BCUT2D eigenvalue weighted by atomic mass is 19.1. The smallest absolute Gasteiger partial charge is 0.414 e. The molecule has 0 bridgehead atoms. The summed E-state index contributed by atoms with van der Waals surface area (Å²) in [5.41, 5.74) is 2.95. The summed E-state index contributed by atoms with van der Waals surface area (Å²) in [5, 5.41) is 11.9. The van der Waals surface area contributed by atoms with E-state index >= 15 is 4.39 Å². The van der Waals surface area contributed by atoms with Gasteiger partial charge >= 0.3 is 6.09 Å². The van der Waals surface area contributed by atoms with Crippen LogP contribution in [0.25, 0.3) is 11.1 Å². The van der Waals surface area contributed by atoms with Crippen LogP contribution in [0, 0.1) is 5.82 Å². The second-order valence-corrected chi connectivity index (χ2v) is 9.22. The Kier molecular flexibility index (Phi) is 6.49. The van der Waals surface area contributed by atoms with Gasteiger partial charge in [-0.2, -0.15) is 0 Å². The summed E-state index contributed by atoms with van der Waals surface area (Å²) < 4.78 is 27.5. The number of benzene rings is 1. The van der Waals surface area contributed by atoms with E-state index in [0.717, 1.165) is 38.6 Å². The van der Waals surface area contributed by atoms with Gasteiger partial charge in [-0.1, -0.05) is 16.4 Å². The number of cyclic esters (lactones) is 1. The number of anilines is 1. The van der Waals surface area contributed by atoms with Crippen LogP contribution >= 0.6 is 0 Å². The molecule has 0 aliphatic carbocycles. The summed E-state index contributed by atoms with van der Waals surface area (Å²) in [6, 6.07) is 8.34. The van der Waals surface area contributed by atoms with Crippen molar-refractivity contribution in [3.8, 4) is 11.1 Å². The standard InChI is InChI=1S/C25H26FN7O4/c26-22-11-18(33-16-20(36-25(33)34)15-32-6-5-28-30-32)2-3-21(22)17-1-4-23(27-13-17)24-12-19(37-29-24)14-31-7-9-35-10-8-31/h1-6,11,13,19-20H,7-10,12,14-16H2/t19-,20-/m0/s1. The van der Waals surface area contributed by atoms with Gasteiger partial charge < -0.3 is 14.3 Å². The van der Waals surface area contributed by atoms with Crippen molar-refractivity contribution < 1.29 is 23.5 Å². The Morgan fingerprint density at radius 2 is 1.97 bits per heavy atom. The van der Waals surface area contributed by atoms with E-state index in [2.05, 4.69) is 25.4 Å². The van der Waals surface area contributed by atoms with Gasteiger partial charge in [0.1, 0.15) is 23.7 Å². The molecule has 5 heterocycles. The van der Waals surface area contributed by atoms with Gasteiger partial charge in [0.25, 0.3) is 0 Å². The minimum absolute atomic E-state index is 0.00680. The molecule has 3 aliphatic rings. The van der Waals surface area contributed by atoms with Crippen molar-refractivity contribution in [3.63, 3.8) is 0 Å². The van der Waals surface area contributed by atoms with E-state index in [1.54, 1.807) is 35.4 Å². The summed E-state index contributed by atoms with van der Waals surface area (Å²) in [6.45, 7) is 4.76. The van der Waals surface area contributed by atoms with E-state index < -0.39 is 18.0 Å². The highest BCUT2D eigenvalue weighted by Crippen LogP contribution is 2.29. The molecule has 2 fully saturated rings. The van der Waals surface area contributed by atoms with Gasteiger partial charge in [0.2, 0.25) is 0 Å². The molecule has 6 rings (SSSR count). The average molecular weight is 508 g/mol. The quantitative estimate of drug-likeness (QED) is 0.480. The Bertz CT molecular complexity index is 1280. The van der Waals surface area contributed by atoms with Gasteiger partial charge in [0.05, 0.1) is 43.9 Å². The minimum Gasteiger partial charge on any atom is -0.442 e. The molecule has 0 saturated carbocycles. The number of pyridine rings is 1. The highest BCUT2D eigenvalue weighted by Gasteiger charge is 2.33. The van der Waals surface area contributed by atoms with Crippen LogP contribution in [-0.4, -0.2) is 88.3 Å². The predicted octanol–water partition coefficient (Wildman–Crippen LogP) is 2.33. The van der Waals surface area contributed by atoms with Gasteiger partial charge in [-0.3, -0.25) is 14.8 Å². The summed E-state index contributed by atoms with van der Waals surface area (Å²) in [4.78, 5) is 26.2. The molecule has 1 aromatic carbocycles. The van der Waals surface area contributed by atoms with Gasteiger partial charge in [-0.25, -0.2) is 13.9 Å². The van der Waals surface area contributed by atoms with Crippen LogP contribution in [0.2, 0.25) is 0 Å². The monoisotopic (exact) mass is 507 g/mol. The third-order valence-corrected chi connectivity index (χ3v) is 6.67. The number of hydrogen-bond acceptors (Lipinski definition) is 9. The van der Waals surface area contributed by atoms with Crippen LogP contribution in [0.5, 0.6) is 0 Å². The third kappa shape index (κ3) is 5.16. The lowest BCUT2D eigenvalue weighted by atomic mass is 10.0. The Hall–Kier alpha value is -3.90. The van der Waals surface area contributed by atoms with E-state index in [0.29, 0.717) is 42.0 Å². The number of amides is 1. The molecule has 2 atom stereocenters. The predicted molar refractivity (Wildman–Crippen MR) is 131 cm³/mol. The van der Waals surface area contributed by atoms with Gasteiger partial charge in [-0.15, -0.1) is 5.10 Å². The first kappa shape index (κ1) is 23.5. The van der Waals surface area contributed by atoms with Gasteiger partial charge in [0.15, 0.2) is 0 Å². The Morgan fingerprint density at radius 3 is 2.73 bits per heavy atom. The summed E-state index contributed by atoms with van der Waals surface area (Å²) >= 11 is 0. The van der Waals surface area contributed by atoms with Crippen molar-refractivity contribution in [2.24, 2.45) is 5.16 Å². The van der Waals surface area contributed by atoms with E-state index in [1.165, 1.54) is 11.0 Å². The molecule has 0 spiro atoms. The van der Waals surface area contributed by atoms with Gasteiger partial charge in [0, 0.05) is 49.6 Å². The average Bonchev–Trinajstić information content (AvgIpc) is 3.67. The Labute approximate surface area is 212 Å². The highest BCUT2D eigenvalue weighted by molar-refractivity contribution is 5.99. The summed E-state index contributed by atoms with van der Waals surface area (Å²) in [5.74, 6) is -0.452. The maximum atomic E-state index is 15.1. The first-order valence-corrected chi connectivity index (χ1v) is 12.2. The number of rotatable bonds is 7. The largest absolute Gasteiger partial charge is 0.442 e. The van der Waals surface area contributed by atoms with Crippen LogP contribution < -0.4 is 4.90 Å². The first-order valence-electron chi connectivity index (χ1n) is 12.2. The lowest BCUT2D eigenvalue weighted by Crippen LogP contribution is -2.41. The van der Waals surface area contributed by atoms with E-state index in [1.807, 2.05) is 12.1 Å². The van der Waals surface area contributed by atoms with Crippen LogP contribution in [0.4, 0.5) is 14.9 Å². The third-order valence-electron chi connectivity index (χ3n) is 6.67. The van der Waals surface area contributed by atoms with Crippen molar-refractivity contribution in [2.75, 3.05) is 44.3 Å². The zero-order chi connectivity index (χ0) is 25.2. The Morgan fingerprint density at radius 1 is 1.08 bits per heavy atom. The van der Waals surface area contributed by atoms with Crippen molar-refractivity contribution in [1.29, 1.82) is 0 Å². The number of oxime groups is 1. The maximum absolute atomic E-state index is 15.1. The Balaban J connectivity index is 1.09. The molecule has 2 aromatic heterocycles. The molecule has 3 aliphatic heterocycles. The zero-order valence-corrected chi connectivity index (χ0v) is 20.1. The summed E-state index contributed by atoms with van der Waals surface area (Å²) in [6.07, 6.45) is 4.63. The molecular formula is C25H26FN7O4. The zero-order valence-electron chi connectivity index (χ0n) is 20.1. The molecule has 11 nitrogen and oxygen atoms in total. The number of aromatic nitrogens is 4. The number of carbonyl (C=O) groups excluding carboxylic acids is 1. The molecule has 192 valence electrons. The number of morpholine rings is 1. The molecule has 37 heavy (non-hydrogen) atoms. The van der Waals surface area contributed by atoms with Crippen molar-refractivity contribution in [3.05, 3.63) is 60.4 Å². The van der Waals surface area contributed by atoms with Gasteiger partial charge in [-0.05, 0) is 24.3 Å². The lowest BCUT2D eigenvalue weighted by Gasteiger charge is -2.27. The van der Waals surface area contributed by atoms with Crippen LogP contribution in [-0.2, 0) is 20.9 Å². The van der Waals surface area contributed by atoms with Crippen LogP contribution in [0.3, 0.4) is 0 Å². The molecule has 1 amide bonds. The number of nitrogens with zero attached hydrogens (tertiary/aromatic N) is 7. The number of ether oxygens (including phenoxy) is 2.